The van der Waals surface area contributed by atoms with Crippen LogP contribution in [0.15, 0.2) is 18.2 Å². The van der Waals surface area contributed by atoms with Gasteiger partial charge < -0.3 is 15.1 Å². The molecule has 0 bridgehead atoms. The zero-order chi connectivity index (χ0) is 16.2. The number of rotatable bonds is 5. The molecule has 4 heteroatoms. The molecule has 0 atom stereocenters. The summed E-state index contributed by atoms with van der Waals surface area (Å²) in [5, 5.41) is 3.50. The van der Waals surface area contributed by atoms with E-state index in [2.05, 4.69) is 51.2 Å². The van der Waals surface area contributed by atoms with Gasteiger partial charge in [0.2, 0.25) is 5.91 Å². The van der Waals surface area contributed by atoms with Gasteiger partial charge in [0.1, 0.15) is 0 Å². The first-order valence-corrected chi connectivity index (χ1v) is 7.36. The molecule has 0 aliphatic rings. The summed E-state index contributed by atoms with van der Waals surface area (Å²) in [5.41, 5.74) is 3.72. The van der Waals surface area contributed by atoms with Gasteiger partial charge in [0.25, 0.3) is 0 Å². The van der Waals surface area contributed by atoms with Gasteiger partial charge in [0.05, 0.1) is 6.54 Å². The summed E-state index contributed by atoms with van der Waals surface area (Å²) in [7, 11) is 5.51. The van der Waals surface area contributed by atoms with Crippen molar-refractivity contribution in [3.8, 4) is 0 Å². The zero-order valence-electron chi connectivity index (χ0n) is 14.4. The van der Waals surface area contributed by atoms with Crippen molar-refractivity contribution in [1.82, 2.24) is 10.2 Å². The molecule has 1 aromatic rings. The van der Waals surface area contributed by atoms with Gasteiger partial charge in [-0.25, -0.2) is 0 Å². The molecule has 0 fully saturated rings. The molecule has 1 N–H and O–H groups in total. The van der Waals surface area contributed by atoms with E-state index >= 15 is 0 Å². The Balaban J connectivity index is 2.75. The van der Waals surface area contributed by atoms with Crippen molar-refractivity contribution in [1.29, 1.82) is 0 Å². The molecule has 0 aromatic heterocycles. The Morgan fingerprint density at radius 3 is 2.29 bits per heavy atom. The Hall–Kier alpha value is -1.55. The van der Waals surface area contributed by atoms with Gasteiger partial charge in [-0.3, -0.25) is 4.79 Å². The average molecular weight is 291 g/mol. The van der Waals surface area contributed by atoms with Crippen LogP contribution in [0.5, 0.6) is 0 Å². The normalized spacial score (nSPS) is 11.4. The number of carbonyl (C=O) groups is 1. The van der Waals surface area contributed by atoms with Crippen LogP contribution in [-0.2, 0) is 11.3 Å². The SMILES string of the molecule is Cc1cc(N(C)CC(=O)N(C)C)ccc1CNC(C)(C)C. The number of aryl methyl sites for hydroxylation is 1. The van der Waals surface area contributed by atoms with Crippen molar-refractivity contribution >= 4 is 11.6 Å². The third kappa shape index (κ3) is 5.76. The lowest BCUT2D eigenvalue weighted by atomic mass is 10.0. The molecule has 0 aliphatic carbocycles. The molecule has 0 unspecified atom stereocenters. The summed E-state index contributed by atoms with van der Waals surface area (Å²) >= 11 is 0. The molecule has 1 amide bonds. The highest BCUT2D eigenvalue weighted by molar-refractivity contribution is 5.80. The molecule has 4 nitrogen and oxygen atoms in total. The van der Waals surface area contributed by atoms with Crippen molar-refractivity contribution in [3.05, 3.63) is 29.3 Å². The Morgan fingerprint density at radius 2 is 1.81 bits per heavy atom. The van der Waals surface area contributed by atoms with Crippen LogP contribution in [-0.4, -0.2) is 44.0 Å². The van der Waals surface area contributed by atoms with Crippen LogP contribution >= 0.6 is 0 Å². The van der Waals surface area contributed by atoms with E-state index in [1.165, 1.54) is 11.1 Å². The van der Waals surface area contributed by atoms with Crippen LogP contribution in [0.4, 0.5) is 5.69 Å². The van der Waals surface area contributed by atoms with E-state index in [9.17, 15) is 4.79 Å². The number of nitrogens with zero attached hydrogens (tertiary/aromatic N) is 2. The van der Waals surface area contributed by atoms with E-state index < -0.39 is 0 Å². The second kappa shape index (κ2) is 6.94. The minimum absolute atomic E-state index is 0.105. The van der Waals surface area contributed by atoms with Gasteiger partial charge in [-0.05, 0) is 51.0 Å². The Bertz CT molecular complexity index is 489. The summed E-state index contributed by atoms with van der Waals surface area (Å²) < 4.78 is 0. The maximum atomic E-state index is 11.8. The van der Waals surface area contributed by atoms with Crippen molar-refractivity contribution in [3.63, 3.8) is 0 Å². The molecule has 118 valence electrons. The number of hydrogen-bond donors (Lipinski definition) is 1. The molecule has 1 aromatic carbocycles. The Kier molecular flexibility index (Phi) is 5.78. The fraction of sp³-hybridized carbons (Fsp3) is 0.588. The second-order valence-electron chi connectivity index (χ2n) is 6.86. The predicted octanol–water partition coefficient (Wildman–Crippen LogP) is 2.41. The minimum Gasteiger partial charge on any atom is -0.365 e. The number of likely N-dealkylation sites (N-methyl/N-ethyl adjacent to an activating group) is 2. The first kappa shape index (κ1) is 17.5. The quantitative estimate of drug-likeness (QED) is 0.905. The van der Waals surface area contributed by atoms with Crippen LogP contribution in [0, 0.1) is 6.92 Å². The predicted molar refractivity (Wildman–Crippen MR) is 89.7 cm³/mol. The topological polar surface area (TPSA) is 35.6 Å². The lowest BCUT2D eigenvalue weighted by molar-refractivity contribution is -0.127. The van der Waals surface area contributed by atoms with E-state index in [1.807, 2.05) is 11.9 Å². The first-order valence-electron chi connectivity index (χ1n) is 7.36. The van der Waals surface area contributed by atoms with E-state index in [4.69, 9.17) is 0 Å². The van der Waals surface area contributed by atoms with Crippen LogP contribution in [0.3, 0.4) is 0 Å². The number of anilines is 1. The summed E-state index contributed by atoms with van der Waals surface area (Å²) in [6.45, 7) is 9.86. The molecule has 0 spiro atoms. The van der Waals surface area contributed by atoms with E-state index in [0.29, 0.717) is 6.54 Å². The maximum Gasteiger partial charge on any atom is 0.241 e. The van der Waals surface area contributed by atoms with Gasteiger partial charge in [-0.15, -0.1) is 0 Å². The number of amides is 1. The van der Waals surface area contributed by atoms with Crippen molar-refractivity contribution in [2.45, 2.75) is 39.8 Å². The molecular formula is C17H29N3O. The zero-order valence-corrected chi connectivity index (χ0v) is 14.4. The molecule has 0 heterocycles. The van der Waals surface area contributed by atoms with Crippen LogP contribution < -0.4 is 10.2 Å². The van der Waals surface area contributed by atoms with Gasteiger partial charge in [0, 0.05) is 38.9 Å². The van der Waals surface area contributed by atoms with Crippen molar-refractivity contribution in [2.24, 2.45) is 0 Å². The minimum atomic E-state index is 0.105. The van der Waals surface area contributed by atoms with Gasteiger partial charge >= 0.3 is 0 Å². The average Bonchev–Trinajstić information content (AvgIpc) is 2.35. The standard InChI is InChI=1S/C17H29N3O/c1-13-10-15(20(7)12-16(21)19(5)6)9-8-14(13)11-18-17(2,3)4/h8-10,18H,11-12H2,1-7H3. The molecule has 0 aliphatic heterocycles. The monoisotopic (exact) mass is 291 g/mol. The highest BCUT2D eigenvalue weighted by Crippen LogP contribution is 2.19. The fourth-order valence-corrected chi connectivity index (χ4v) is 1.91. The fourth-order valence-electron chi connectivity index (χ4n) is 1.91. The maximum absolute atomic E-state index is 11.8. The molecular weight excluding hydrogens is 262 g/mol. The van der Waals surface area contributed by atoms with Crippen molar-refractivity contribution in [2.75, 3.05) is 32.6 Å². The number of hydrogen-bond acceptors (Lipinski definition) is 3. The molecule has 0 radical (unpaired) electrons. The lowest BCUT2D eigenvalue weighted by Crippen LogP contribution is -2.35. The second-order valence-corrected chi connectivity index (χ2v) is 6.86. The summed E-state index contributed by atoms with van der Waals surface area (Å²) in [5.74, 6) is 0.105. The van der Waals surface area contributed by atoms with E-state index in [0.717, 1.165) is 12.2 Å². The highest BCUT2D eigenvalue weighted by atomic mass is 16.2. The molecule has 0 saturated carbocycles. The van der Waals surface area contributed by atoms with Gasteiger partial charge in [0.15, 0.2) is 0 Å². The third-order valence-corrected chi connectivity index (χ3v) is 3.45. The lowest BCUT2D eigenvalue weighted by Gasteiger charge is -2.24. The summed E-state index contributed by atoms with van der Waals surface area (Å²) in [4.78, 5) is 15.4. The van der Waals surface area contributed by atoms with Crippen molar-refractivity contribution < 1.29 is 4.79 Å². The van der Waals surface area contributed by atoms with Gasteiger partial charge in [-0.1, -0.05) is 6.07 Å². The van der Waals surface area contributed by atoms with Crippen LogP contribution in [0.1, 0.15) is 31.9 Å². The molecule has 1 rings (SSSR count). The van der Waals surface area contributed by atoms with Gasteiger partial charge in [-0.2, -0.15) is 0 Å². The number of nitrogens with one attached hydrogen (secondary N) is 1. The highest BCUT2D eigenvalue weighted by Gasteiger charge is 2.12. The van der Waals surface area contributed by atoms with E-state index in [1.54, 1.807) is 19.0 Å². The smallest absolute Gasteiger partial charge is 0.241 e. The number of carbonyl (C=O) groups excluding carboxylic acids is 1. The van der Waals surface area contributed by atoms with E-state index in [-0.39, 0.29) is 11.4 Å². The molecule has 0 saturated heterocycles. The summed E-state index contributed by atoms with van der Waals surface area (Å²) in [6, 6.07) is 6.36. The largest absolute Gasteiger partial charge is 0.365 e. The van der Waals surface area contributed by atoms with Crippen LogP contribution in [0.25, 0.3) is 0 Å². The van der Waals surface area contributed by atoms with Crippen LogP contribution in [0.2, 0.25) is 0 Å². The first-order chi connectivity index (χ1) is 9.60. The Labute approximate surface area is 129 Å². The third-order valence-electron chi connectivity index (χ3n) is 3.45. The number of benzene rings is 1. The Morgan fingerprint density at radius 1 is 1.19 bits per heavy atom. The molecule has 21 heavy (non-hydrogen) atoms. The summed E-state index contributed by atoms with van der Waals surface area (Å²) in [6.07, 6.45) is 0.